The van der Waals surface area contributed by atoms with Gasteiger partial charge in [-0.2, -0.15) is 0 Å². The monoisotopic (exact) mass is 307 g/mol. The van der Waals surface area contributed by atoms with Crippen molar-refractivity contribution in [1.82, 2.24) is 10.3 Å². The van der Waals surface area contributed by atoms with E-state index < -0.39 is 12.0 Å². The summed E-state index contributed by atoms with van der Waals surface area (Å²) in [6, 6.07) is 2.47. The zero-order valence-electron chi connectivity index (χ0n) is 11.0. The summed E-state index contributed by atoms with van der Waals surface area (Å²) in [6.07, 6.45) is 3.13. The summed E-state index contributed by atoms with van der Waals surface area (Å²) in [5.41, 5.74) is 1.08. The Bertz CT molecular complexity index is 670. The molecule has 2 aromatic rings. The lowest BCUT2D eigenvalue weighted by molar-refractivity contribution is 0.0660. The fourth-order valence-corrected chi connectivity index (χ4v) is 3.19. The number of fused-ring (bicyclic) bond motifs is 1. The van der Waals surface area contributed by atoms with Crippen molar-refractivity contribution in [3.05, 3.63) is 34.2 Å². The number of aromatic carboxylic acids is 1. The lowest BCUT2D eigenvalue weighted by Crippen LogP contribution is -2.27. The Morgan fingerprint density at radius 1 is 1.38 bits per heavy atom. The third-order valence-electron chi connectivity index (χ3n) is 3.11. The fraction of sp³-hybridized carbons (Fsp3) is 0.308. The van der Waals surface area contributed by atoms with Crippen molar-refractivity contribution in [3.8, 4) is 0 Å². The first-order valence-electron chi connectivity index (χ1n) is 6.47. The molecule has 7 nitrogen and oxygen atoms in total. The first kappa shape index (κ1) is 13.6. The van der Waals surface area contributed by atoms with Gasteiger partial charge >= 0.3 is 12.0 Å². The van der Waals surface area contributed by atoms with Crippen molar-refractivity contribution in [1.29, 1.82) is 0 Å². The molecule has 0 saturated carbocycles. The smallest absolute Gasteiger partial charge is 0.371 e. The Hall–Kier alpha value is -2.35. The molecule has 3 rings (SSSR count). The van der Waals surface area contributed by atoms with Crippen molar-refractivity contribution in [2.45, 2.75) is 25.8 Å². The Labute approximate surface area is 124 Å². The molecule has 0 radical (unpaired) electrons. The maximum atomic E-state index is 11.7. The van der Waals surface area contributed by atoms with Crippen LogP contribution in [0.1, 0.15) is 33.3 Å². The van der Waals surface area contributed by atoms with Crippen LogP contribution in [0.5, 0.6) is 0 Å². The summed E-state index contributed by atoms with van der Waals surface area (Å²) >= 11 is 1.50. The van der Waals surface area contributed by atoms with Crippen molar-refractivity contribution in [2.75, 3.05) is 5.32 Å². The summed E-state index contributed by atoms with van der Waals surface area (Å²) in [5, 5.41) is 14.6. The number of hydrogen-bond donors (Lipinski definition) is 3. The number of carbonyl (C=O) groups is 2. The molecule has 8 heteroatoms. The van der Waals surface area contributed by atoms with Crippen molar-refractivity contribution in [3.63, 3.8) is 0 Å². The van der Waals surface area contributed by atoms with E-state index in [2.05, 4.69) is 15.6 Å². The van der Waals surface area contributed by atoms with Crippen LogP contribution in [0, 0.1) is 0 Å². The molecule has 0 fully saturated rings. The van der Waals surface area contributed by atoms with E-state index in [9.17, 15) is 9.59 Å². The molecule has 2 heterocycles. The number of aromatic nitrogens is 1. The second-order valence-corrected chi connectivity index (χ2v) is 5.70. The van der Waals surface area contributed by atoms with Crippen LogP contribution in [-0.4, -0.2) is 22.1 Å². The highest BCUT2D eigenvalue weighted by molar-refractivity contribution is 7.15. The molecule has 3 N–H and O–H groups in total. The summed E-state index contributed by atoms with van der Waals surface area (Å²) in [7, 11) is 0. The van der Waals surface area contributed by atoms with E-state index in [1.807, 2.05) is 0 Å². The normalized spacial score (nSPS) is 13.0. The molecule has 110 valence electrons. The number of thiazole rings is 1. The van der Waals surface area contributed by atoms with Gasteiger partial charge in [0.2, 0.25) is 5.76 Å². The number of nitrogens with zero attached hydrogens (tertiary/aromatic N) is 1. The quantitative estimate of drug-likeness (QED) is 0.803. The zero-order valence-corrected chi connectivity index (χ0v) is 11.8. The number of hydrogen-bond acceptors (Lipinski definition) is 5. The largest absolute Gasteiger partial charge is 0.475 e. The molecule has 0 spiro atoms. The van der Waals surface area contributed by atoms with Gasteiger partial charge in [0.15, 0.2) is 5.13 Å². The minimum absolute atomic E-state index is 0.115. The molecule has 1 aliphatic rings. The van der Waals surface area contributed by atoms with Gasteiger partial charge in [0.25, 0.3) is 0 Å². The van der Waals surface area contributed by atoms with Gasteiger partial charge in [0.05, 0.1) is 12.2 Å². The van der Waals surface area contributed by atoms with E-state index in [0.29, 0.717) is 10.9 Å². The number of furan rings is 1. The second kappa shape index (κ2) is 5.57. The van der Waals surface area contributed by atoms with E-state index in [-0.39, 0.29) is 12.3 Å². The fourth-order valence-electron chi connectivity index (χ4n) is 2.14. The molecular weight excluding hydrogens is 294 g/mol. The maximum Gasteiger partial charge on any atom is 0.371 e. The number of urea groups is 1. The van der Waals surface area contributed by atoms with Gasteiger partial charge in [-0.25, -0.2) is 14.6 Å². The van der Waals surface area contributed by atoms with E-state index in [4.69, 9.17) is 9.52 Å². The lowest BCUT2D eigenvalue weighted by Gasteiger charge is -2.03. The first-order valence-corrected chi connectivity index (χ1v) is 7.29. The van der Waals surface area contributed by atoms with Gasteiger partial charge in [0.1, 0.15) is 5.76 Å². The Kier molecular flexibility index (Phi) is 3.61. The van der Waals surface area contributed by atoms with Crippen LogP contribution < -0.4 is 10.6 Å². The Morgan fingerprint density at radius 2 is 2.24 bits per heavy atom. The minimum Gasteiger partial charge on any atom is -0.475 e. The average molecular weight is 307 g/mol. The molecular formula is C13H13N3O4S. The van der Waals surface area contributed by atoms with Crippen LogP contribution in [0.15, 0.2) is 16.5 Å². The lowest BCUT2D eigenvalue weighted by atomic mass is 10.4. The second-order valence-electron chi connectivity index (χ2n) is 4.62. The highest BCUT2D eigenvalue weighted by atomic mass is 32.1. The van der Waals surface area contributed by atoms with Gasteiger partial charge in [-0.05, 0) is 31.4 Å². The minimum atomic E-state index is -1.14. The summed E-state index contributed by atoms with van der Waals surface area (Å²) in [5.74, 6) is -0.907. The first-order chi connectivity index (χ1) is 10.1. The predicted molar refractivity (Wildman–Crippen MR) is 75.7 cm³/mol. The van der Waals surface area contributed by atoms with Crippen molar-refractivity contribution < 1.29 is 19.1 Å². The summed E-state index contributed by atoms with van der Waals surface area (Å²) in [6.45, 7) is 0.115. The number of carbonyl (C=O) groups excluding carboxylic acids is 1. The molecule has 0 saturated heterocycles. The highest BCUT2D eigenvalue weighted by Gasteiger charge is 2.17. The van der Waals surface area contributed by atoms with Crippen molar-refractivity contribution >= 4 is 28.5 Å². The van der Waals surface area contributed by atoms with E-state index >= 15 is 0 Å². The predicted octanol–water partition coefficient (Wildman–Crippen LogP) is 2.24. The molecule has 0 bridgehead atoms. The molecule has 0 unspecified atom stereocenters. The number of aryl methyl sites for hydroxylation is 2. The number of rotatable bonds is 4. The van der Waals surface area contributed by atoms with Gasteiger partial charge in [-0.1, -0.05) is 0 Å². The summed E-state index contributed by atoms with van der Waals surface area (Å²) in [4.78, 5) is 28.0. The van der Waals surface area contributed by atoms with Crippen LogP contribution in [0.4, 0.5) is 9.93 Å². The molecule has 2 amide bonds. The Morgan fingerprint density at radius 3 is 2.95 bits per heavy atom. The zero-order chi connectivity index (χ0) is 14.8. The van der Waals surface area contributed by atoms with Gasteiger partial charge in [-0.3, -0.25) is 5.32 Å². The van der Waals surface area contributed by atoms with Gasteiger partial charge in [0, 0.05) is 4.88 Å². The SMILES string of the molecule is O=C(NCc1ccc(C(=O)O)o1)Nc1nc2c(s1)CCC2. The number of anilines is 1. The topological polar surface area (TPSA) is 104 Å². The third kappa shape index (κ3) is 3.05. The van der Waals surface area contributed by atoms with E-state index in [0.717, 1.165) is 25.0 Å². The van der Waals surface area contributed by atoms with Crippen LogP contribution in [0.2, 0.25) is 0 Å². The number of nitrogens with one attached hydrogen (secondary N) is 2. The van der Waals surface area contributed by atoms with E-state index in [1.54, 1.807) is 0 Å². The maximum absolute atomic E-state index is 11.7. The molecule has 2 aromatic heterocycles. The third-order valence-corrected chi connectivity index (χ3v) is 4.18. The highest BCUT2D eigenvalue weighted by Crippen LogP contribution is 2.30. The molecule has 0 atom stereocenters. The number of carboxylic acid groups (broad SMARTS) is 1. The van der Waals surface area contributed by atoms with Crippen LogP contribution >= 0.6 is 11.3 Å². The van der Waals surface area contributed by atoms with Gasteiger partial charge in [-0.15, -0.1) is 11.3 Å². The van der Waals surface area contributed by atoms with E-state index in [1.165, 1.54) is 28.3 Å². The molecule has 0 aromatic carbocycles. The number of carboxylic acids is 1. The standard InChI is InChI=1S/C13H13N3O4S/c17-11(18)9-5-4-7(20-9)6-14-12(19)16-13-15-8-2-1-3-10(8)21-13/h4-5H,1-3,6H2,(H,17,18)(H2,14,15,16,19). The van der Waals surface area contributed by atoms with Crippen LogP contribution in [0.25, 0.3) is 0 Å². The van der Waals surface area contributed by atoms with Crippen molar-refractivity contribution in [2.24, 2.45) is 0 Å². The van der Waals surface area contributed by atoms with Crippen LogP contribution in [0.3, 0.4) is 0 Å². The molecule has 1 aliphatic carbocycles. The van der Waals surface area contributed by atoms with Crippen LogP contribution in [-0.2, 0) is 19.4 Å². The van der Waals surface area contributed by atoms with Gasteiger partial charge < -0.3 is 14.8 Å². The average Bonchev–Trinajstić information content (AvgIpc) is 3.10. The number of amides is 2. The molecule has 0 aliphatic heterocycles. The summed E-state index contributed by atoms with van der Waals surface area (Å²) < 4.78 is 5.04. The molecule has 21 heavy (non-hydrogen) atoms. The Balaban J connectivity index is 1.52.